The molecule has 0 saturated carbocycles. The summed E-state index contributed by atoms with van der Waals surface area (Å²) >= 11 is 3.23. The third-order valence-corrected chi connectivity index (χ3v) is 2.45. The number of rotatable bonds is 3. The number of hydrogen-bond donors (Lipinski definition) is 1. The van der Waals surface area contributed by atoms with Crippen molar-refractivity contribution in [2.75, 3.05) is 7.11 Å². The molecule has 0 aliphatic rings. The van der Waals surface area contributed by atoms with Crippen molar-refractivity contribution in [3.05, 3.63) is 29.6 Å². The lowest BCUT2D eigenvalue weighted by molar-refractivity contribution is 0.181. The number of alkyl halides is 1. The van der Waals surface area contributed by atoms with Crippen molar-refractivity contribution in [1.82, 2.24) is 0 Å². The van der Waals surface area contributed by atoms with Gasteiger partial charge in [-0.1, -0.05) is 22.0 Å². The van der Waals surface area contributed by atoms with Crippen LogP contribution in [0.3, 0.4) is 0 Å². The van der Waals surface area contributed by atoms with Crippen LogP contribution in [0.1, 0.15) is 18.6 Å². The molecule has 1 rings (SSSR count). The van der Waals surface area contributed by atoms with Crippen LogP contribution in [-0.2, 0) is 0 Å². The van der Waals surface area contributed by atoms with Gasteiger partial charge >= 0.3 is 0 Å². The number of benzene rings is 1. The van der Waals surface area contributed by atoms with E-state index >= 15 is 0 Å². The highest BCUT2D eigenvalue weighted by molar-refractivity contribution is 9.09. The summed E-state index contributed by atoms with van der Waals surface area (Å²) in [5.74, 6) is -0.277. The fourth-order valence-corrected chi connectivity index (χ4v) is 1.44. The number of aliphatic hydroxyl groups excluding tert-OH is 1. The molecule has 1 N–H and O–H groups in total. The molecule has 0 aliphatic carbocycles. The Hall–Kier alpha value is -0.610. The molecule has 0 fully saturated rings. The summed E-state index contributed by atoms with van der Waals surface area (Å²) in [6, 6.07) is 4.43. The molecule has 2 atom stereocenters. The van der Waals surface area contributed by atoms with Crippen LogP contribution < -0.4 is 4.74 Å². The summed E-state index contributed by atoms with van der Waals surface area (Å²) in [4.78, 5) is -0.115. The first-order valence-corrected chi connectivity index (χ1v) is 5.13. The zero-order chi connectivity index (χ0) is 10.7. The molecule has 14 heavy (non-hydrogen) atoms. The fraction of sp³-hybridized carbons (Fsp3) is 0.400. The molecule has 2 nitrogen and oxygen atoms in total. The highest BCUT2D eigenvalue weighted by Crippen LogP contribution is 2.26. The summed E-state index contributed by atoms with van der Waals surface area (Å²) in [6.07, 6.45) is -0.713. The van der Waals surface area contributed by atoms with E-state index in [9.17, 15) is 9.50 Å². The monoisotopic (exact) mass is 262 g/mol. The van der Waals surface area contributed by atoms with Crippen molar-refractivity contribution >= 4 is 15.9 Å². The first kappa shape index (κ1) is 11.5. The Morgan fingerprint density at radius 1 is 1.50 bits per heavy atom. The normalized spacial score (nSPS) is 14.9. The van der Waals surface area contributed by atoms with Gasteiger partial charge in [-0.2, -0.15) is 0 Å². The van der Waals surface area contributed by atoms with Gasteiger partial charge in [-0.3, -0.25) is 0 Å². The maximum atomic E-state index is 13.2. The Morgan fingerprint density at radius 3 is 2.57 bits per heavy atom. The van der Waals surface area contributed by atoms with Gasteiger partial charge in [0.25, 0.3) is 0 Å². The van der Waals surface area contributed by atoms with Crippen molar-refractivity contribution in [3.8, 4) is 5.75 Å². The largest absolute Gasteiger partial charge is 0.494 e. The van der Waals surface area contributed by atoms with E-state index in [1.807, 2.05) is 0 Å². The van der Waals surface area contributed by atoms with Crippen molar-refractivity contribution < 1.29 is 14.2 Å². The van der Waals surface area contributed by atoms with Crippen molar-refractivity contribution in [2.24, 2.45) is 0 Å². The second-order valence-electron chi connectivity index (χ2n) is 3.02. The van der Waals surface area contributed by atoms with Crippen LogP contribution in [0.15, 0.2) is 18.2 Å². The molecule has 1 aromatic carbocycles. The second kappa shape index (κ2) is 4.75. The van der Waals surface area contributed by atoms with Crippen LogP contribution in [0.5, 0.6) is 5.75 Å². The van der Waals surface area contributed by atoms with Crippen LogP contribution in [0.4, 0.5) is 4.39 Å². The van der Waals surface area contributed by atoms with Crippen LogP contribution in [-0.4, -0.2) is 17.0 Å². The third-order valence-electron chi connectivity index (χ3n) is 1.95. The summed E-state index contributed by atoms with van der Waals surface area (Å²) < 4.78 is 18.0. The molecule has 0 amide bonds. The van der Waals surface area contributed by atoms with Gasteiger partial charge in [-0.15, -0.1) is 0 Å². The number of aliphatic hydroxyl groups is 1. The number of methoxy groups -OCH3 is 1. The summed E-state index contributed by atoms with van der Waals surface area (Å²) in [5.41, 5.74) is 0.535. The molecule has 4 heteroatoms. The van der Waals surface area contributed by atoms with Crippen LogP contribution in [0.2, 0.25) is 0 Å². The van der Waals surface area contributed by atoms with Gasteiger partial charge in [0.05, 0.1) is 13.2 Å². The molecule has 0 saturated heterocycles. The number of ether oxygens (including phenoxy) is 1. The van der Waals surface area contributed by atoms with Crippen LogP contribution in [0.25, 0.3) is 0 Å². The minimum atomic E-state index is -0.713. The van der Waals surface area contributed by atoms with Gasteiger partial charge in [0.1, 0.15) is 0 Å². The van der Waals surface area contributed by atoms with E-state index in [0.29, 0.717) is 5.56 Å². The Kier molecular flexibility index (Phi) is 3.89. The van der Waals surface area contributed by atoms with Gasteiger partial charge in [0.2, 0.25) is 0 Å². The topological polar surface area (TPSA) is 29.5 Å². The van der Waals surface area contributed by atoms with Crippen molar-refractivity contribution in [3.63, 3.8) is 0 Å². The summed E-state index contributed by atoms with van der Waals surface area (Å²) in [6.45, 7) is 1.80. The third kappa shape index (κ3) is 2.45. The molecule has 0 spiro atoms. The predicted molar refractivity (Wildman–Crippen MR) is 56.3 cm³/mol. The molecule has 2 unspecified atom stereocenters. The van der Waals surface area contributed by atoms with Gasteiger partial charge in [0, 0.05) is 4.83 Å². The Balaban J connectivity index is 2.96. The maximum Gasteiger partial charge on any atom is 0.165 e. The average molecular weight is 263 g/mol. The van der Waals surface area contributed by atoms with E-state index in [-0.39, 0.29) is 10.6 Å². The molecular formula is C10H12BrFO2. The van der Waals surface area contributed by atoms with E-state index in [2.05, 4.69) is 15.9 Å². The first-order chi connectivity index (χ1) is 6.56. The van der Waals surface area contributed by atoms with Gasteiger partial charge in [-0.25, -0.2) is 4.39 Å². The zero-order valence-electron chi connectivity index (χ0n) is 8.00. The maximum absolute atomic E-state index is 13.2. The minimum Gasteiger partial charge on any atom is -0.494 e. The smallest absolute Gasteiger partial charge is 0.165 e. The van der Waals surface area contributed by atoms with Gasteiger partial charge < -0.3 is 9.84 Å². The molecule has 0 radical (unpaired) electrons. The predicted octanol–water partition coefficient (Wildman–Crippen LogP) is 2.65. The van der Waals surface area contributed by atoms with Crippen LogP contribution in [0, 0.1) is 5.82 Å². The van der Waals surface area contributed by atoms with E-state index in [1.165, 1.54) is 19.2 Å². The standard InChI is InChI=1S/C10H12BrFO2/c1-6(11)10(13)7-3-4-9(14-2)8(12)5-7/h3-6,10,13H,1-2H3. The van der Waals surface area contributed by atoms with E-state index < -0.39 is 11.9 Å². The van der Waals surface area contributed by atoms with Crippen LogP contribution >= 0.6 is 15.9 Å². The number of hydrogen-bond acceptors (Lipinski definition) is 2. The average Bonchev–Trinajstić information content (AvgIpc) is 2.16. The fourth-order valence-electron chi connectivity index (χ4n) is 1.13. The highest BCUT2D eigenvalue weighted by Gasteiger charge is 2.15. The van der Waals surface area contributed by atoms with E-state index in [1.54, 1.807) is 13.0 Å². The molecule has 0 aromatic heterocycles. The molecule has 0 heterocycles. The van der Waals surface area contributed by atoms with Crippen molar-refractivity contribution in [1.29, 1.82) is 0 Å². The molecule has 78 valence electrons. The lowest BCUT2D eigenvalue weighted by Gasteiger charge is -2.14. The van der Waals surface area contributed by atoms with Crippen molar-refractivity contribution in [2.45, 2.75) is 17.9 Å². The SMILES string of the molecule is COc1ccc(C(O)C(C)Br)cc1F. The lowest BCUT2D eigenvalue weighted by Crippen LogP contribution is -2.08. The number of halogens is 2. The molecule has 0 aliphatic heterocycles. The Bertz CT molecular complexity index is 315. The minimum absolute atomic E-state index is 0.115. The van der Waals surface area contributed by atoms with Gasteiger partial charge in [-0.05, 0) is 24.6 Å². The van der Waals surface area contributed by atoms with E-state index in [0.717, 1.165) is 0 Å². The Labute approximate surface area is 90.8 Å². The van der Waals surface area contributed by atoms with E-state index in [4.69, 9.17) is 4.74 Å². The quantitative estimate of drug-likeness (QED) is 0.849. The summed E-state index contributed by atoms with van der Waals surface area (Å²) in [7, 11) is 1.40. The zero-order valence-corrected chi connectivity index (χ0v) is 9.58. The lowest BCUT2D eigenvalue weighted by atomic mass is 10.1. The molecular weight excluding hydrogens is 251 g/mol. The second-order valence-corrected chi connectivity index (χ2v) is 4.46. The Morgan fingerprint density at radius 2 is 2.14 bits per heavy atom. The summed E-state index contributed by atoms with van der Waals surface area (Å²) in [5, 5.41) is 9.63. The first-order valence-electron chi connectivity index (χ1n) is 4.22. The molecule has 1 aromatic rings. The molecule has 0 bridgehead atoms. The van der Waals surface area contributed by atoms with Gasteiger partial charge in [0.15, 0.2) is 11.6 Å². The highest BCUT2D eigenvalue weighted by atomic mass is 79.9.